The molecule has 0 aliphatic rings. The van der Waals surface area contributed by atoms with Crippen LogP contribution in [0.25, 0.3) is 22.5 Å². The van der Waals surface area contributed by atoms with Crippen LogP contribution in [0.5, 0.6) is 11.5 Å². The first-order valence-corrected chi connectivity index (χ1v) is 8.40. The monoisotopic (exact) mass is 362 g/mol. The average Bonchev–Trinajstić information content (AvgIpc) is 3.38. The molecule has 0 N–H and O–H groups in total. The lowest BCUT2D eigenvalue weighted by Crippen LogP contribution is -1.98. The number of rotatable bonds is 6. The number of methoxy groups -OCH3 is 2. The predicted molar refractivity (Wildman–Crippen MR) is 99.6 cm³/mol. The van der Waals surface area contributed by atoms with E-state index in [1.165, 1.54) is 0 Å². The zero-order valence-corrected chi connectivity index (χ0v) is 15.0. The number of ether oxygens (including phenoxy) is 2. The van der Waals surface area contributed by atoms with Crippen molar-refractivity contribution in [1.29, 1.82) is 0 Å². The topological polar surface area (TPSA) is 75.2 Å². The highest BCUT2D eigenvalue weighted by molar-refractivity contribution is 5.64. The predicted octanol–water partition coefficient (Wildman–Crippen LogP) is 3.67. The minimum Gasteiger partial charge on any atom is -0.493 e. The summed E-state index contributed by atoms with van der Waals surface area (Å²) < 4.78 is 17.8. The molecule has 0 amide bonds. The van der Waals surface area contributed by atoms with Gasteiger partial charge in [-0.25, -0.2) is 4.68 Å². The molecular weight excluding hydrogens is 344 g/mol. The first-order chi connectivity index (χ1) is 13.3. The quantitative estimate of drug-likeness (QED) is 0.521. The van der Waals surface area contributed by atoms with Crippen molar-refractivity contribution >= 4 is 0 Å². The van der Waals surface area contributed by atoms with E-state index in [4.69, 9.17) is 14.0 Å². The summed E-state index contributed by atoms with van der Waals surface area (Å²) in [6.07, 6.45) is 1.88. The molecular formula is C20H18N4O3. The molecule has 7 nitrogen and oxygen atoms in total. The molecule has 0 aliphatic carbocycles. The fraction of sp³-hybridized carbons (Fsp3) is 0.150. The second-order valence-corrected chi connectivity index (χ2v) is 5.92. The zero-order valence-electron chi connectivity index (χ0n) is 15.0. The van der Waals surface area contributed by atoms with Gasteiger partial charge in [0.1, 0.15) is 17.9 Å². The molecule has 136 valence electrons. The highest BCUT2D eigenvalue weighted by Crippen LogP contribution is 2.32. The average molecular weight is 362 g/mol. The van der Waals surface area contributed by atoms with Crippen LogP contribution in [0.4, 0.5) is 0 Å². The second-order valence-electron chi connectivity index (χ2n) is 5.92. The molecule has 27 heavy (non-hydrogen) atoms. The molecule has 2 aromatic carbocycles. The van der Waals surface area contributed by atoms with E-state index in [-0.39, 0.29) is 0 Å². The van der Waals surface area contributed by atoms with Gasteiger partial charge in [0.15, 0.2) is 17.3 Å². The Morgan fingerprint density at radius 1 is 0.889 bits per heavy atom. The van der Waals surface area contributed by atoms with Crippen LogP contribution in [-0.4, -0.2) is 34.4 Å². The number of hydrogen-bond acceptors (Lipinski definition) is 6. The van der Waals surface area contributed by atoms with Crippen LogP contribution in [0.3, 0.4) is 0 Å². The lowest BCUT2D eigenvalue weighted by atomic mass is 10.1. The lowest BCUT2D eigenvalue weighted by molar-refractivity contribution is 0.355. The van der Waals surface area contributed by atoms with Crippen molar-refractivity contribution in [3.05, 3.63) is 66.6 Å². The Kier molecular flexibility index (Phi) is 4.57. The Morgan fingerprint density at radius 3 is 2.48 bits per heavy atom. The molecule has 4 rings (SSSR count). The van der Waals surface area contributed by atoms with Gasteiger partial charge in [0.05, 0.1) is 20.4 Å². The lowest BCUT2D eigenvalue weighted by Gasteiger charge is -2.07. The number of hydrogen-bond donors (Lipinski definition) is 0. The zero-order chi connectivity index (χ0) is 18.6. The Labute approximate surface area is 156 Å². The summed E-state index contributed by atoms with van der Waals surface area (Å²) >= 11 is 0. The van der Waals surface area contributed by atoms with E-state index < -0.39 is 0 Å². The molecule has 0 aliphatic heterocycles. The van der Waals surface area contributed by atoms with Crippen LogP contribution >= 0.6 is 0 Å². The molecule has 4 aromatic rings. The normalized spacial score (nSPS) is 10.7. The first kappa shape index (κ1) is 16.8. The second kappa shape index (κ2) is 7.33. The van der Waals surface area contributed by atoms with E-state index >= 15 is 0 Å². The number of benzene rings is 2. The molecule has 0 radical (unpaired) electrons. The van der Waals surface area contributed by atoms with Crippen LogP contribution in [0.2, 0.25) is 0 Å². The van der Waals surface area contributed by atoms with Gasteiger partial charge >= 0.3 is 0 Å². The molecule has 2 heterocycles. The van der Waals surface area contributed by atoms with Crippen molar-refractivity contribution in [2.75, 3.05) is 14.2 Å². The molecule has 2 aromatic heterocycles. The van der Waals surface area contributed by atoms with Crippen LogP contribution in [0, 0.1) is 0 Å². The number of aromatic nitrogens is 4. The van der Waals surface area contributed by atoms with Crippen molar-refractivity contribution in [2.24, 2.45) is 0 Å². The Bertz CT molecular complexity index is 1040. The van der Waals surface area contributed by atoms with Crippen molar-refractivity contribution < 1.29 is 14.0 Å². The number of nitrogens with zero attached hydrogens (tertiary/aromatic N) is 4. The third-order valence-corrected chi connectivity index (χ3v) is 4.16. The van der Waals surface area contributed by atoms with Gasteiger partial charge in [-0.3, -0.25) is 0 Å². The summed E-state index contributed by atoms with van der Waals surface area (Å²) in [6, 6.07) is 17.4. The highest BCUT2D eigenvalue weighted by Gasteiger charge is 2.12. The fourth-order valence-corrected chi connectivity index (χ4v) is 2.80. The fourth-order valence-electron chi connectivity index (χ4n) is 2.80. The van der Waals surface area contributed by atoms with E-state index in [0.717, 1.165) is 16.8 Å². The molecule has 0 unspecified atom stereocenters. The minimum atomic E-state index is 0.445. The van der Waals surface area contributed by atoms with E-state index in [2.05, 4.69) is 15.5 Å². The summed E-state index contributed by atoms with van der Waals surface area (Å²) in [5.74, 6) is 1.99. The van der Waals surface area contributed by atoms with E-state index in [0.29, 0.717) is 29.5 Å². The van der Waals surface area contributed by atoms with Gasteiger partial charge in [-0.15, -0.1) is 5.10 Å². The van der Waals surface area contributed by atoms with Crippen molar-refractivity contribution in [3.8, 4) is 34.0 Å². The highest BCUT2D eigenvalue weighted by atomic mass is 16.5. The van der Waals surface area contributed by atoms with E-state index in [9.17, 15) is 0 Å². The first-order valence-electron chi connectivity index (χ1n) is 8.40. The third kappa shape index (κ3) is 3.52. The van der Waals surface area contributed by atoms with Crippen LogP contribution in [-0.2, 0) is 6.54 Å². The molecule has 0 spiro atoms. The van der Waals surface area contributed by atoms with Gasteiger partial charge in [0.25, 0.3) is 0 Å². The van der Waals surface area contributed by atoms with Crippen LogP contribution in [0.1, 0.15) is 5.76 Å². The molecule has 7 heteroatoms. The maximum Gasteiger partial charge on any atom is 0.161 e. The molecule has 0 saturated heterocycles. The summed E-state index contributed by atoms with van der Waals surface area (Å²) in [5.41, 5.74) is 3.43. The third-order valence-electron chi connectivity index (χ3n) is 4.16. The van der Waals surface area contributed by atoms with E-state index in [1.807, 2.05) is 60.8 Å². The summed E-state index contributed by atoms with van der Waals surface area (Å²) in [4.78, 5) is 0. The Hall–Kier alpha value is -3.61. The maximum atomic E-state index is 5.46. The van der Waals surface area contributed by atoms with Crippen molar-refractivity contribution in [3.63, 3.8) is 0 Å². The SMILES string of the molecule is COc1ccc(-c2cc(Cn3cc(-c4ccccc4)nn3)on2)cc1OC. The van der Waals surface area contributed by atoms with Gasteiger partial charge in [0.2, 0.25) is 0 Å². The van der Waals surface area contributed by atoms with Crippen LogP contribution < -0.4 is 9.47 Å². The summed E-state index contributed by atoms with van der Waals surface area (Å²) in [7, 11) is 3.21. The van der Waals surface area contributed by atoms with Crippen molar-refractivity contribution in [1.82, 2.24) is 20.2 Å². The summed E-state index contributed by atoms with van der Waals surface area (Å²) in [5, 5.41) is 12.5. The smallest absolute Gasteiger partial charge is 0.161 e. The molecule has 0 bridgehead atoms. The van der Waals surface area contributed by atoms with Gasteiger partial charge in [-0.1, -0.05) is 40.7 Å². The van der Waals surface area contributed by atoms with Gasteiger partial charge < -0.3 is 14.0 Å². The molecule has 0 fully saturated rings. The van der Waals surface area contributed by atoms with Gasteiger partial charge in [0, 0.05) is 17.2 Å². The Morgan fingerprint density at radius 2 is 1.70 bits per heavy atom. The Balaban J connectivity index is 1.53. The van der Waals surface area contributed by atoms with Crippen molar-refractivity contribution in [2.45, 2.75) is 6.54 Å². The van der Waals surface area contributed by atoms with E-state index in [1.54, 1.807) is 18.9 Å². The molecule has 0 atom stereocenters. The maximum absolute atomic E-state index is 5.46. The largest absolute Gasteiger partial charge is 0.493 e. The summed E-state index contributed by atoms with van der Waals surface area (Å²) in [6.45, 7) is 0.445. The minimum absolute atomic E-state index is 0.445. The van der Waals surface area contributed by atoms with Gasteiger partial charge in [-0.2, -0.15) is 0 Å². The standard InChI is InChI=1S/C20H18N4O3/c1-25-19-9-8-15(10-20(19)26-2)17-11-16(27-22-17)12-24-13-18(21-23-24)14-6-4-3-5-7-14/h3-11,13H,12H2,1-2H3. The van der Waals surface area contributed by atoms with Crippen LogP contribution in [0.15, 0.2) is 65.3 Å². The molecule has 0 saturated carbocycles. The van der Waals surface area contributed by atoms with Gasteiger partial charge in [-0.05, 0) is 18.2 Å².